The van der Waals surface area contributed by atoms with Gasteiger partial charge in [-0.15, -0.1) is 0 Å². The molecule has 0 aliphatic heterocycles. The smallest absolute Gasteiger partial charge is 0.130 e. The Balaban J connectivity index is 2.61. The van der Waals surface area contributed by atoms with E-state index >= 15 is 0 Å². The minimum absolute atomic E-state index is 0.711. The molecule has 16 heavy (non-hydrogen) atoms. The molecule has 1 rings (SSSR count). The molecule has 0 bridgehead atoms. The second-order valence-corrected chi connectivity index (χ2v) is 5.80. The zero-order valence-corrected chi connectivity index (χ0v) is 11.9. The van der Waals surface area contributed by atoms with Gasteiger partial charge in [0.2, 0.25) is 0 Å². The fourth-order valence-corrected chi connectivity index (χ4v) is 2.60. The number of thioether (sulfide) groups is 1. The lowest BCUT2D eigenvalue weighted by Gasteiger charge is -2.06. The van der Waals surface area contributed by atoms with Crippen LogP contribution < -0.4 is 0 Å². The van der Waals surface area contributed by atoms with Crippen molar-refractivity contribution in [1.29, 1.82) is 0 Å². The van der Waals surface area contributed by atoms with Crippen LogP contribution in [0.3, 0.4) is 0 Å². The average Bonchev–Trinajstić information content (AvgIpc) is 2.16. The predicted octanol–water partition coefficient (Wildman–Crippen LogP) is 3.98. The number of H-pyrrole nitrogens is 1. The van der Waals surface area contributed by atoms with Crippen LogP contribution in [0.25, 0.3) is 0 Å². The predicted molar refractivity (Wildman–Crippen MR) is 74.4 cm³/mol. The summed E-state index contributed by atoms with van der Waals surface area (Å²) in [6, 6.07) is 1.97. The molecule has 0 unspecified atom stereocenters. The van der Waals surface area contributed by atoms with Gasteiger partial charge in [-0.05, 0) is 24.2 Å². The van der Waals surface area contributed by atoms with Gasteiger partial charge in [-0.25, -0.2) is 4.98 Å². The van der Waals surface area contributed by atoms with Gasteiger partial charge in [-0.1, -0.05) is 39.4 Å². The van der Waals surface area contributed by atoms with Crippen LogP contribution in [0, 0.1) is 10.6 Å². The summed E-state index contributed by atoms with van der Waals surface area (Å²) in [5.41, 5.74) is 1.21. The molecule has 2 nitrogen and oxygen atoms in total. The minimum atomic E-state index is 0.711. The molecule has 1 aromatic heterocycles. The van der Waals surface area contributed by atoms with Crippen LogP contribution >= 0.6 is 24.0 Å². The van der Waals surface area contributed by atoms with E-state index in [1.165, 1.54) is 11.4 Å². The monoisotopic (exact) mass is 256 g/mol. The quantitative estimate of drug-likeness (QED) is 0.780. The van der Waals surface area contributed by atoms with Gasteiger partial charge >= 0.3 is 0 Å². The minimum Gasteiger partial charge on any atom is -0.346 e. The number of nitrogens with one attached hydrogen (secondary N) is 1. The van der Waals surface area contributed by atoms with Gasteiger partial charge in [-0.2, -0.15) is 11.8 Å². The highest BCUT2D eigenvalue weighted by Crippen LogP contribution is 2.13. The average molecular weight is 256 g/mol. The first kappa shape index (κ1) is 13.7. The van der Waals surface area contributed by atoms with Crippen molar-refractivity contribution in [2.24, 2.45) is 5.92 Å². The molecule has 0 fully saturated rings. The number of aromatic nitrogens is 2. The van der Waals surface area contributed by atoms with Gasteiger partial charge in [0.05, 0.1) is 5.75 Å². The Bertz CT molecular complexity index is 372. The van der Waals surface area contributed by atoms with E-state index in [9.17, 15) is 0 Å². The summed E-state index contributed by atoms with van der Waals surface area (Å²) < 4.78 is 0.711. The molecule has 1 heterocycles. The van der Waals surface area contributed by atoms with Crippen LogP contribution in [0.1, 0.15) is 38.7 Å². The Morgan fingerprint density at radius 1 is 1.50 bits per heavy atom. The van der Waals surface area contributed by atoms with Crippen LogP contribution in [0.2, 0.25) is 0 Å². The van der Waals surface area contributed by atoms with Crippen molar-refractivity contribution in [1.82, 2.24) is 9.97 Å². The SMILES string of the molecule is CCCc1cc(=S)nc(CSCC(C)C)[nH]1. The van der Waals surface area contributed by atoms with Crippen molar-refractivity contribution in [3.8, 4) is 0 Å². The first-order valence-corrected chi connectivity index (χ1v) is 7.35. The topological polar surface area (TPSA) is 28.7 Å². The highest BCUT2D eigenvalue weighted by atomic mass is 32.2. The maximum absolute atomic E-state index is 5.16. The van der Waals surface area contributed by atoms with E-state index in [1.807, 2.05) is 17.8 Å². The molecule has 0 aromatic carbocycles. The largest absolute Gasteiger partial charge is 0.346 e. The van der Waals surface area contributed by atoms with Gasteiger partial charge in [0.1, 0.15) is 10.5 Å². The lowest BCUT2D eigenvalue weighted by Crippen LogP contribution is -2.00. The van der Waals surface area contributed by atoms with E-state index in [1.54, 1.807) is 0 Å². The summed E-state index contributed by atoms with van der Waals surface area (Å²) in [5.74, 6) is 3.84. The fourth-order valence-electron chi connectivity index (χ4n) is 1.43. The van der Waals surface area contributed by atoms with E-state index in [0.717, 1.165) is 30.3 Å². The summed E-state index contributed by atoms with van der Waals surface area (Å²) in [7, 11) is 0. The molecule has 0 atom stereocenters. The van der Waals surface area contributed by atoms with Crippen molar-refractivity contribution in [3.05, 3.63) is 22.2 Å². The van der Waals surface area contributed by atoms with Crippen molar-refractivity contribution in [2.75, 3.05) is 5.75 Å². The molecule has 0 saturated carbocycles. The third-order valence-electron chi connectivity index (χ3n) is 2.06. The number of aryl methyl sites for hydroxylation is 1. The van der Waals surface area contributed by atoms with Crippen molar-refractivity contribution >= 4 is 24.0 Å². The molecule has 0 aliphatic carbocycles. The van der Waals surface area contributed by atoms with Gasteiger partial charge in [0, 0.05) is 5.69 Å². The lowest BCUT2D eigenvalue weighted by atomic mass is 10.2. The lowest BCUT2D eigenvalue weighted by molar-refractivity contribution is 0.749. The normalized spacial score (nSPS) is 11.0. The maximum atomic E-state index is 5.16. The number of hydrogen-bond donors (Lipinski definition) is 1. The standard InChI is InChI=1S/C12H20N2S2/c1-4-5-10-6-12(15)14-11(13-10)8-16-7-9(2)3/h6,9H,4-5,7-8H2,1-3H3,(H,13,14,15). The Kier molecular flexibility index (Phi) is 6.06. The highest BCUT2D eigenvalue weighted by molar-refractivity contribution is 7.98. The number of hydrogen-bond acceptors (Lipinski definition) is 3. The fraction of sp³-hybridized carbons (Fsp3) is 0.667. The first-order chi connectivity index (χ1) is 7.61. The van der Waals surface area contributed by atoms with E-state index in [4.69, 9.17) is 12.2 Å². The number of nitrogens with zero attached hydrogens (tertiary/aromatic N) is 1. The molecule has 0 saturated heterocycles. The van der Waals surface area contributed by atoms with Gasteiger partial charge < -0.3 is 4.98 Å². The highest BCUT2D eigenvalue weighted by Gasteiger charge is 2.00. The molecule has 1 N–H and O–H groups in total. The summed E-state index contributed by atoms with van der Waals surface area (Å²) in [6.07, 6.45) is 2.18. The molecule has 0 spiro atoms. The Morgan fingerprint density at radius 3 is 2.88 bits per heavy atom. The molecule has 0 amide bonds. The van der Waals surface area contributed by atoms with Crippen LogP contribution in [0.5, 0.6) is 0 Å². The van der Waals surface area contributed by atoms with Gasteiger partial charge in [-0.3, -0.25) is 0 Å². The number of rotatable bonds is 6. The van der Waals surface area contributed by atoms with Crippen molar-refractivity contribution < 1.29 is 0 Å². The second-order valence-electron chi connectivity index (χ2n) is 4.35. The summed E-state index contributed by atoms with van der Waals surface area (Å²) in [6.45, 7) is 6.64. The van der Waals surface area contributed by atoms with Crippen LogP contribution in [-0.2, 0) is 12.2 Å². The molecule has 4 heteroatoms. The molecular weight excluding hydrogens is 236 g/mol. The van der Waals surface area contributed by atoms with E-state index in [0.29, 0.717) is 4.64 Å². The molecule has 1 aromatic rings. The zero-order chi connectivity index (χ0) is 12.0. The van der Waals surface area contributed by atoms with Crippen molar-refractivity contribution in [3.63, 3.8) is 0 Å². The van der Waals surface area contributed by atoms with Crippen LogP contribution in [0.15, 0.2) is 6.07 Å². The van der Waals surface area contributed by atoms with Crippen LogP contribution in [-0.4, -0.2) is 15.7 Å². The first-order valence-electron chi connectivity index (χ1n) is 5.78. The van der Waals surface area contributed by atoms with Gasteiger partial charge in [0.25, 0.3) is 0 Å². The summed E-state index contributed by atoms with van der Waals surface area (Å²) in [5, 5.41) is 0. The third kappa shape index (κ3) is 5.12. The Morgan fingerprint density at radius 2 is 2.25 bits per heavy atom. The van der Waals surface area contributed by atoms with E-state index in [2.05, 4.69) is 30.7 Å². The van der Waals surface area contributed by atoms with E-state index in [-0.39, 0.29) is 0 Å². The molecule has 0 radical (unpaired) electrons. The zero-order valence-electron chi connectivity index (χ0n) is 10.2. The molecule has 0 aliphatic rings. The summed E-state index contributed by atoms with van der Waals surface area (Å²) >= 11 is 7.07. The van der Waals surface area contributed by atoms with Crippen LogP contribution in [0.4, 0.5) is 0 Å². The third-order valence-corrected chi connectivity index (χ3v) is 3.65. The van der Waals surface area contributed by atoms with Crippen molar-refractivity contribution in [2.45, 2.75) is 39.4 Å². The summed E-state index contributed by atoms with van der Waals surface area (Å²) in [4.78, 5) is 7.71. The van der Waals surface area contributed by atoms with Gasteiger partial charge in [0.15, 0.2) is 0 Å². The molecule has 90 valence electrons. The Labute approximate surface area is 107 Å². The maximum Gasteiger partial charge on any atom is 0.130 e. The second kappa shape index (κ2) is 7.07. The number of aromatic amines is 1. The Hall–Kier alpha value is -0.350. The molecular formula is C12H20N2S2. The van der Waals surface area contributed by atoms with E-state index < -0.39 is 0 Å².